The van der Waals surface area contributed by atoms with Crippen LogP contribution in [0.3, 0.4) is 0 Å². The van der Waals surface area contributed by atoms with Crippen molar-refractivity contribution in [3.05, 3.63) is 89.5 Å². The van der Waals surface area contributed by atoms with E-state index < -0.39 is 17.2 Å². The van der Waals surface area contributed by atoms with Gasteiger partial charge >= 0.3 is 0 Å². The van der Waals surface area contributed by atoms with Gasteiger partial charge in [-0.05, 0) is 61.7 Å². The van der Waals surface area contributed by atoms with Crippen molar-refractivity contribution >= 4 is 5.90 Å². The van der Waals surface area contributed by atoms with Crippen LogP contribution in [-0.4, -0.2) is 18.1 Å². The zero-order chi connectivity index (χ0) is 21.3. The predicted molar refractivity (Wildman–Crippen MR) is 114 cm³/mol. The molecular formula is C25H23F2NO2. The van der Waals surface area contributed by atoms with Crippen LogP contribution >= 0.6 is 0 Å². The van der Waals surface area contributed by atoms with Crippen molar-refractivity contribution in [1.29, 1.82) is 0 Å². The number of hydrogen-bond donors (Lipinski definition) is 0. The maximum atomic E-state index is 14.2. The molecule has 3 nitrogen and oxygen atoms in total. The molecular weight excluding hydrogens is 384 g/mol. The number of rotatable bonds is 5. The van der Waals surface area contributed by atoms with Gasteiger partial charge in [0.1, 0.15) is 34.6 Å². The summed E-state index contributed by atoms with van der Waals surface area (Å²) in [5, 5.41) is 0. The molecule has 0 aliphatic carbocycles. The molecule has 1 aliphatic rings. The Kier molecular flexibility index (Phi) is 5.29. The Morgan fingerprint density at radius 3 is 2.03 bits per heavy atom. The molecule has 1 aliphatic heterocycles. The highest BCUT2D eigenvalue weighted by Crippen LogP contribution is 2.40. The first kappa shape index (κ1) is 20.1. The van der Waals surface area contributed by atoms with E-state index in [9.17, 15) is 8.78 Å². The molecule has 0 amide bonds. The SMILES string of the molecule is CCOc1ccc(-c2ccc(C3N=C(c4c(F)cccc4F)OC3(C)C)cc2)cc1. The summed E-state index contributed by atoms with van der Waals surface area (Å²) < 4.78 is 39.7. The first-order valence-corrected chi connectivity index (χ1v) is 9.93. The Labute approximate surface area is 175 Å². The number of aliphatic imine (C=N–C) groups is 1. The third-order valence-corrected chi connectivity index (χ3v) is 5.17. The van der Waals surface area contributed by atoms with E-state index in [0.717, 1.165) is 22.4 Å². The van der Waals surface area contributed by atoms with E-state index in [4.69, 9.17) is 9.47 Å². The molecule has 0 bridgehead atoms. The smallest absolute Gasteiger partial charge is 0.223 e. The average molecular weight is 407 g/mol. The molecule has 1 atom stereocenters. The summed E-state index contributed by atoms with van der Waals surface area (Å²) in [6, 6.07) is 19.3. The first-order chi connectivity index (χ1) is 14.4. The standard InChI is InChI=1S/C25H23F2NO2/c1-4-29-19-14-12-17(13-15-19)16-8-10-18(11-9-16)23-25(2,3)30-24(28-23)22-20(26)6-5-7-21(22)27/h5-15,23H,4H2,1-3H3. The fourth-order valence-electron chi connectivity index (χ4n) is 3.67. The molecule has 154 valence electrons. The van der Waals surface area contributed by atoms with Gasteiger partial charge in [0.2, 0.25) is 5.90 Å². The predicted octanol–water partition coefficient (Wildman–Crippen LogP) is 6.33. The van der Waals surface area contributed by atoms with E-state index in [1.807, 2.05) is 69.3 Å². The third-order valence-electron chi connectivity index (χ3n) is 5.17. The van der Waals surface area contributed by atoms with Crippen LogP contribution in [0.15, 0.2) is 71.7 Å². The van der Waals surface area contributed by atoms with Gasteiger partial charge in [0.05, 0.1) is 6.61 Å². The zero-order valence-corrected chi connectivity index (χ0v) is 17.2. The minimum absolute atomic E-state index is 0.00353. The van der Waals surface area contributed by atoms with Crippen molar-refractivity contribution in [1.82, 2.24) is 0 Å². The van der Waals surface area contributed by atoms with Crippen molar-refractivity contribution < 1.29 is 18.3 Å². The molecule has 3 aromatic carbocycles. The number of nitrogens with zero attached hydrogens (tertiary/aromatic N) is 1. The van der Waals surface area contributed by atoms with Crippen molar-refractivity contribution in [3.8, 4) is 16.9 Å². The van der Waals surface area contributed by atoms with Gasteiger partial charge in [0, 0.05) is 0 Å². The normalized spacial score (nSPS) is 17.4. The van der Waals surface area contributed by atoms with E-state index in [2.05, 4.69) is 4.99 Å². The van der Waals surface area contributed by atoms with Crippen molar-refractivity contribution in [2.75, 3.05) is 6.61 Å². The minimum Gasteiger partial charge on any atom is -0.494 e. The quantitative estimate of drug-likeness (QED) is 0.495. The second-order valence-electron chi connectivity index (χ2n) is 7.72. The Morgan fingerprint density at radius 1 is 0.900 bits per heavy atom. The fraction of sp³-hybridized carbons (Fsp3) is 0.240. The van der Waals surface area contributed by atoms with Crippen LogP contribution in [0.1, 0.15) is 37.9 Å². The highest BCUT2D eigenvalue weighted by molar-refractivity contribution is 5.96. The van der Waals surface area contributed by atoms with Gasteiger partial charge < -0.3 is 9.47 Å². The second kappa shape index (κ2) is 7.90. The Morgan fingerprint density at radius 2 is 1.47 bits per heavy atom. The van der Waals surface area contributed by atoms with Gasteiger partial charge in [-0.2, -0.15) is 0 Å². The van der Waals surface area contributed by atoms with Crippen molar-refractivity contribution in [2.45, 2.75) is 32.4 Å². The maximum Gasteiger partial charge on any atom is 0.223 e. The van der Waals surface area contributed by atoms with E-state index in [0.29, 0.717) is 6.61 Å². The van der Waals surface area contributed by atoms with E-state index in [1.165, 1.54) is 18.2 Å². The molecule has 3 aromatic rings. The van der Waals surface area contributed by atoms with Gasteiger partial charge in [0.15, 0.2) is 0 Å². The van der Waals surface area contributed by atoms with Crippen LogP contribution in [0.25, 0.3) is 11.1 Å². The lowest BCUT2D eigenvalue weighted by Gasteiger charge is -2.25. The average Bonchev–Trinajstić information content (AvgIpc) is 3.03. The summed E-state index contributed by atoms with van der Waals surface area (Å²) in [6.07, 6.45) is 0. The Hall–Kier alpha value is -3.21. The third kappa shape index (κ3) is 3.80. The molecule has 30 heavy (non-hydrogen) atoms. The number of halogens is 2. The summed E-state index contributed by atoms with van der Waals surface area (Å²) >= 11 is 0. The summed E-state index contributed by atoms with van der Waals surface area (Å²) in [7, 11) is 0. The van der Waals surface area contributed by atoms with Gasteiger partial charge in [0.25, 0.3) is 0 Å². The lowest BCUT2D eigenvalue weighted by molar-refractivity contribution is 0.0968. The zero-order valence-electron chi connectivity index (χ0n) is 17.2. The Balaban J connectivity index is 1.62. The Bertz CT molecular complexity index is 1050. The number of benzene rings is 3. The number of ether oxygens (including phenoxy) is 2. The lowest BCUT2D eigenvalue weighted by atomic mass is 9.91. The lowest BCUT2D eigenvalue weighted by Crippen LogP contribution is -2.28. The van der Waals surface area contributed by atoms with Crippen molar-refractivity contribution in [3.63, 3.8) is 0 Å². The topological polar surface area (TPSA) is 30.8 Å². The molecule has 5 heteroatoms. The molecule has 0 saturated carbocycles. The van der Waals surface area contributed by atoms with Crippen LogP contribution in [0.2, 0.25) is 0 Å². The fourth-order valence-corrected chi connectivity index (χ4v) is 3.67. The number of hydrogen-bond acceptors (Lipinski definition) is 3. The largest absolute Gasteiger partial charge is 0.494 e. The molecule has 0 aromatic heterocycles. The second-order valence-corrected chi connectivity index (χ2v) is 7.72. The maximum absolute atomic E-state index is 14.2. The van der Waals surface area contributed by atoms with E-state index in [-0.39, 0.29) is 17.5 Å². The summed E-state index contributed by atoms with van der Waals surface area (Å²) in [4.78, 5) is 4.54. The molecule has 1 heterocycles. The van der Waals surface area contributed by atoms with Gasteiger partial charge in [-0.3, -0.25) is 0 Å². The van der Waals surface area contributed by atoms with Crippen LogP contribution in [0.5, 0.6) is 5.75 Å². The minimum atomic E-state index is -0.731. The van der Waals surface area contributed by atoms with Gasteiger partial charge in [-0.1, -0.05) is 42.5 Å². The highest BCUT2D eigenvalue weighted by Gasteiger charge is 2.41. The van der Waals surface area contributed by atoms with Crippen LogP contribution < -0.4 is 4.74 Å². The molecule has 0 N–H and O–H groups in total. The summed E-state index contributed by atoms with van der Waals surface area (Å²) in [5.41, 5.74) is 2.10. The monoisotopic (exact) mass is 407 g/mol. The molecule has 0 fully saturated rings. The van der Waals surface area contributed by atoms with Crippen LogP contribution in [0.4, 0.5) is 8.78 Å². The van der Waals surface area contributed by atoms with E-state index in [1.54, 1.807) is 0 Å². The molecule has 0 saturated heterocycles. The van der Waals surface area contributed by atoms with Gasteiger partial charge in [-0.25, -0.2) is 13.8 Å². The van der Waals surface area contributed by atoms with Crippen LogP contribution in [-0.2, 0) is 4.74 Å². The van der Waals surface area contributed by atoms with E-state index >= 15 is 0 Å². The van der Waals surface area contributed by atoms with Crippen molar-refractivity contribution in [2.24, 2.45) is 4.99 Å². The summed E-state index contributed by atoms with van der Waals surface area (Å²) in [6.45, 7) is 6.32. The molecule has 1 unspecified atom stereocenters. The highest BCUT2D eigenvalue weighted by atomic mass is 19.1. The molecule has 0 spiro atoms. The molecule has 0 radical (unpaired) electrons. The summed E-state index contributed by atoms with van der Waals surface area (Å²) in [5.74, 6) is -0.534. The first-order valence-electron chi connectivity index (χ1n) is 9.93. The molecule has 4 rings (SSSR count). The van der Waals surface area contributed by atoms with Crippen LogP contribution in [0, 0.1) is 11.6 Å². The van der Waals surface area contributed by atoms with Gasteiger partial charge in [-0.15, -0.1) is 0 Å².